The first-order chi connectivity index (χ1) is 8.90. The second kappa shape index (κ2) is 4.76. The first-order valence-corrected chi connectivity index (χ1v) is 5.80. The van der Waals surface area contributed by atoms with Gasteiger partial charge in [-0.15, -0.1) is 4.68 Å². The molecule has 0 amide bonds. The van der Waals surface area contributed by atoms with E-state index in [-0.39, 0.29) is 16.0 Å². The highest BCUT2D eigenvalue weighted by molar-refractivity contribution is 9.10. The Hall–Kier alpha value is -2.29. The Morgan fingerprint density at radius 1 is 1.53 bits per heavy atom. The molecule has 0 aliphatic carbocycles. The average molecular weight is 327 g/mol. The highest BCUT2D eigenvalue weighted by Gasteiger charge is 2.24. The van der Waals surface area contributed by atoms with Crippen molar-refractivity contribution in [1.82, 2.24) is 14.8 Å². The van der Waals surface area contributed by atoms with E-state index < -0.39 is 16.8 Å². The fourth-order valence-electron chi connectivity index (χ4n) is 1.51. The molecule has 0 radical (unpaired) electrons. The molecule has 0 spiro atoms. The quantitative estimate of drug-likeness (QED) is 0.681. The van der Waals surface area contributed by atoms with Crippen molar-refractivity contribution in [3.63, 3.8) is 0 Å². The summed E-state index contributed by atoms with van der Waals surface area (Å²) in [5.74, 6) is -1.76. The predicted molar refractivity (Wildman–Crippen MR) is 67.4 cm³/mol. The van der Waals surface area contributed by atoms with Crippen molar-refractivity contribution in [1.29, 1.82) is 0 Å². The van der Waals surface area contributed by atoms with Crippen LogP contribution in [0.2, 0.25) is 0 Å². The molecule has 0 aliphatic heterocycles. The zero-order chi connectivity index (χ0) is 14.2. The number of halogens is 1. The van der Waals surface area contributed by atoms with Crippen molar-refractivity contribution < 1.29 is 14.8 Å². The molecule has 8 nitrogen and oxygen atoms in total. The number of aromatic carboxylic acids is 1. The fourth-order valence-corrected chi connectivity index (χ4v) is 1.94. The first kappa shape index (κ1) is 13.1. The molecule has 0 saturated heterocycles. The highest BCUT2D eigenvalue weighted by atomic mass is 79.9. The summed E-state index contributed by atoms with van der Waals surface area (Å²) in [5.41, 5.74) is 0.983. The van der Waals surface area contributed by atoms with Crippen LogP contribution in [0, 0.1) is 17.0 Å². The summed E-state index contributed by atoms with van der Waals surface area (Å²) in [7, 11) is 0. The van der Waals surface area contributed by atoms with Crippen LogP contribution in [0.3, 0.4) is 0 Å². The molecule has 0 fully saturated rings. The molecule has 0 aliphatic rings. The molecule has 98 valence electrons. The van der Waals surface area contributed by atoms with Gasteiger partial charge in [0.25, 0.3) is 4.73 Å². The molecule has 0 saturated carbocycles. The lowest BCUT2D eigenvalue weighted by atomic mass is 10.1. The zero-order valence-corrected chi connectivity index (χ0v) is 11.2. The van der Waals surface area contributed by atoms with Gasteiger partial charge in [0.1, 0.15) is 0 Å². The van der Waals surface area contributed by atoms with Gasteiger partial charge < -0.3 is 15.2 Å². The number of aryl methyl sites for hydroxylation is 1. The van der Waals surface area contributed by atoms with Crippen LogP contribution in [-0.2, 0) is 0 Å². The lowest BCUT2D eigenvalue weighted by Crippen LogP contribution is -2.07. The summed E-state index contributed by atoms with van der Waals surface area (Å²) in [4.78, 5) is 24.6. The minimum Gasteiger partial charge on any atom is -0.478 e. The van der Waals surface area contributed by atoms with E-state index in [1.165, 1.54) is 6.07 Å². The van der Waals surface area contributed by atoms with Crippen molar-refractivity contribution >= 4 is 27.8 Å². The summed E-state index contributed by atoms with van der Waals surface area (Å²) in [6.07, 6.45) is 0. The summed E-state index contributed by atoms with van der Waals surface area (Å²) < 4.78 is 1.14. The van der Waals surface area contributed by atoms with Gasteiger partial charge >= 0.3 is 11.9 Å². The van der Waals surface area contributed by atoms with Crippen LogP contribution >= 0.6 is 15.9 Å². The monoisotopic (exact) mass is 326 g/mol. The van der Waals surface area contributed by atoms with Gasteiger partial charge in [-0.1, -0.05) is 6.07 Å². The Kier molecular flexibility index (Phi) is 3.30. The third kappa shape index (κ3) is 2.45. The molecule has 0 bridgehead atoms. The van der Waals surface area contributed by atoms with E-state index in [0.717, 1.165) is 10.2 Å². The first-order valence-electron chi connectivity index (χ1n) is 5.01. The number of aromatic nitrogens is 3. The van der Waals surface area contributed by atoms with Gasteiger partial charge in [-0.3, -0.25) is 0 Å². The van der Waals surface area contributed by atoms with Crippen LogP contribution < -0.4 is 0 Å². The standard InChI is InChI=1S/C10H7BrN4O4/c1-5-2-3-6(8(16)17)7(4-5)14-9(11)12-10(13-14)15(18)19/h2-4H,1H3,(H,16,17). The number of hydrogen-bond acceptors (Lipinski definition) is 5. The van der Waals surface area contributed by atoms with Crippen LogP contribution in [0.4, 0.5) is 5.95 Å². The average Bonchev–Trinajstić information content (AvgIpc) is 2.71. The van der Waals surface area contributed by atoms with Gasteiger partial charge in [-0.2, -0.15) is 0 Å². The predicted octanol–water partition coefficient (Wildman–Crippen LogP) is 1.94. The van der Waals surface area contributed by atoms with Crippen molar-refractivity contribution in [2.75, 3.05) is 0 Å². The Labute approximate surface area is 115 Å². The van der Waals surface area contributed by atoms with Crippen molar-refractivity contribution in [2.45, 2.75) is 6.92 Å². The number of nitro groups is 1. The molecule has 1 aromatic carbocycles. The molecule has 2 aromatic rings. The lowest BCUT2D eigenvalue weighted by Gasteiger charge is -2.04. The van der Waals surface area contributed by atoms with E-state index >= 15 is 0 Å². The second-order valence-electron chi connectivity index (χ2n) is 3.68. The smallest absolute Gasteiger partial charge is 0.478 e. The summed E-state index contributed by atoms with van der Waals surface area (Å²) in [5, 5.41) is 23.4. The molecular weight excluding hydrogens is 320 g/mol. The second-order valence-corrected chi connectivity index (χ2v) is 4.38. The van der Waals surface area contributed by atoms with Gasteiger partial charge in [-0.25, -0.2) is 4.79 Å². The number of nitrogens with zero attached hydrogens (tertiary/aromatic N) is 4. The number of hydrogen-bond donors (Lipinski definition) is 1. The topological polar surface area (TPSA) is 111 Å². The number of rotatable bonds is 3. The Balaban J connectivity index is 2.67. The normalized spacial score (nSPS) is 10.4. The zero-order valence-electron chi connectivity index (χ0n) is 9.57. The number of carboxylic acid groups (broad SMARTS) is 1. The molecule has 9 heteroatoms. The van der Waals surface area contributed by atoms with Gasteiger partial charge in [0.05, 0.1) is 11.3 Å². The van der Waals surface area contributed by atoms with E-state index in [1.807, 2.05) is 0 Å². The number of benzene rings is 1. The minimum atomic E-state index is -1.15. The number of carboxylic acids is 1. The van der Waals surface area contributed by atoms with Crippen LogP contribution in [0.15, 0.2) is 22.9 Å². The molecule has 0 atom stereocenters. The fraction of sp³-hybridized carbons (Fsp3) is 0.100. The summed E-state index contributed by atoms with van der Waals surface area (Å²) >= 11 is 3.02. The lowest BCUT2D eigenvalue weighted by molar-refractivity contribution is -0.394. The molecule has 0 unspecified atom stereocenters. The van der Waals surface area contributed by atoms with Crippen LogP contribution in [0.25, 0.3) is 5.69 Å². The van der Waals surface area contributed by atoms with Crippen molar-refractivity contribution in [3.8, 4) is 5.69 Å². The Bertz CT molecular complexity index is 682. The van der Waals surface area contributed by atoms with Crippen LogP contribution in [0.1, 0.15) is 15.9 Å². The molecular formula is C10H7BrN4O4. The van der Waals surface area contributed by atoms with Gasteiger partial charge in [0.15, 0.2) is 0 Å². The minimum absolute atomic E-state index is 0.0221. The van der Waals surface area contributed by atoms with E-state index in [0.29, 0.717) is 0 Å². The summed E-state index contributed by atoms with van der Waals surface area (Å²) in [6, 6.07) is 4.60. The van der Waals surface area contributed by atoms with Crippen LogP contribution in [-0.4, -0.2) is 30.8 Å². The van der Waals surface area contributed by atoms with Crippen molar-refractivity contribution in [2.24, 2.45) is 0 Å². The van der Waals surface area contributed by atoms with Gasteiger partial charge in [-0.05, 0) is 34.5 Å². The van der Waals surface area contributed by atoms with E-state index in [2.05, 4.69) is 26.0 Å². The maximum atomic E-state index is 11.1. The molecule has 1 aromatic heterocycles. The third-order valence-electron chi connectivity index (χ3n) is 2.33. The van der Waals surface area contributed by atoms with E-state index in [1.54, 1.807) is 19.1 Å². The Morgan fingerprint density at radius 2 is 2.21 bits per heavy atom. The number of carbonyl (C=O) groups is 1. The van der Waals surface area contributed by atoms with E-state index in [9.17, 15) is 14.9 Å². The van der Waals surface area contributed by atoms with Crippen LogP contribution in [0.5, 0.6) is 0 Å². The molecule has 1 heterocycles. The molecule has 2 rings (SSSR count). The SMILES string of the molecule is Cc1ccc(C(=O)O)c(-n2nc([N+](=O)[O-])nc2Br)c1. The van der Waals surface area contributed by atoms with Gasteiger partial charge in [0, 0.05) is 21.0 Å². The van der Waals surface area contributed by atoms with E-state index in [4.69, 9.17) is 5.11 Å². The summed E-state index contributed by atoms with van der Waals surface area (Å²) in [6.45, 7) is 1.77. The maximum absolute atomic E-state index is 11.1. The maximum Gasteiger partial charge on any atom is 0.492 e. The molecule has 1 N–H and O–H groups in total. The Morgan fingerprint density at radius 3 is 2.74 bits per heavy atom. The van der Waals surface area contributed by atoms with Gasteiger partial charge in [0.2, 0.25) is 0 Å². The highest BCUT2D eigenvalue weighted by Crippen LogP contribution is 2.22. The largest absolute Gasteiger partial charge is 0.492 e. The van der Waals surface area contributed by atoms with Crippen molar-refractivity contribution in [3.05, 3.63) is 44.2 Å². The molecule has 19 heavy (non-hydrogen) atoms. The third-order valence-corrected chi connectivity index (χ3v) is 2.84.